The summed E-state index contributed by atoms with van der Waals surface area (Å²) in [7, 11) is 0. The highest BCUT2D eigenvalue weighted by Crippen LogP contribution is 2.46. The number of carbonyl (C=O) groups is 3. The van der Waals surface area contributed by atoms with Gasteiger partial charge >= 0.3 is 12.0 Å². The highest BCUT2D eigenvalue weighted by Gasteiger charge is 2.58. The summed E-state index contributed by atoms with van der Waals surface area (Å²) >= 11 is 0. The first-order valence-corrected chi connectivity index (χ1v) is 14.1. The van der Waals surface area contributed by atoms with E-state index in [2.05, 4.69) is 25.6 Å². The van der Waals surface area contributed by atoms with Crippen LogP contribution in [-0.2, 0) is 23.8 Å². The van der Waals surface area contributed by atoms with Crippen LogP contribution in [0.3, 0.4) is 0 Å². The summed E-state index contributed by atoms with van der Waals surface area (Å²) in [4.78, 5) is 52.2. The zero-order chi connectivity index (χ0) is 29.7. The molecule has 3 aliphatic heterocycles. The molecular weight excluding hydrogens is 558 g/mol. The lowest BCUT2D eigenvalue weighted by molar-refractivity contribution is -0.171. The van der Waals surface area contributed by atoms with Gasteiger partial charge in [-0.1, -0.05) is 36.4 Å². The molecule has 222 valence electrons. The Balaban J connectivity index is 1.24. The van der Waals surface area contributed by atoms with Crippen LogP contribution in [0.4, 0.5) is 10.6 Å². The van der Waals surface area contributed by atoms with Crippen molar-refractivity contribution < 1.29 is 33.7 Å². The fourth-order valence-corrected chi connectivity index (χ4v) is 6.08. The maximum atomic E-state index is 13.8. The number of hydrogen-bond donors (Lipinski definition) is 3. The quantitative estimate of drug-likeness (QED) is 0.305. The molecule has 3 N–H and O–H groups in total. The Labute approximate surface area is 245 Å². The molecule has 14 nitrogen and oxygen atoms in total. The molecule has 3 fully saturated rings. The molecule has 14 heteroatoms. The molecule has 0 bridgehead atoms. The zero-order valence-electron chi connectivity index (χ0n) is 23.1. The number of carbonyl (C=O) groups excluding carboxylic acids is 2. The van der Waals surface area contributed by atoms with Crippen molar-refractivity contribution >= 4 is 45.7 Å². The Hall–Kier alpha value is -4.66. The number of anilines is 1. The number of aliphatic carboxylic acids is 1. The van der Waals surface area contributed by atoms with Gasteiger partial charge in [0.2, 0.25) is 0 Å². The molecule has 6 atom stereocenters. The summed E-state index contributed by atoms with van der Waals surface area (Å²) in [6.07, 6.45) is -0.696. The van der Waals surface area contributed by atoms with E-state index in [-0.39, 0.29) is 5.82 Å². The largest absolute Gasteiger partial charge is 0.480 e. The van der Waals surface area contributed by atoms with Crippen molar-refractivity contribution in [3.8, 4) is 0 Å². The van der Waals surface area contributed by atoms with E-state index in [0.29, 0.717) is 37.1 Å². The number of urea groups is 1. The first-order chi connectivity index (χ1) is 20.9. The van der Waals surface area contributed by atoms with Crippen LogP contribution in [0.2, 0.25) is 0 Å². The van der Waals surface area contributed by atoms with Crippen LogP contribution >= 0.6 is 0 Å². The number of carboxylic acids is 1. The number of imidazole rings is 1. The van der Waals surface area contributed by atoms with E-state index in [0.717, 1.165) is 16.3 Å². The SMILES string of the molecule is CCNC(=O)Nc1ncnc2c1ncn2C1OC(C(=O)N2CCCC2C(=O)O)C2OC(c3ccc4ccccc4c3)OC21. The van der Waals surface area contributed by atoms with Gasteiger partial charge in [-0.2, -0.15) is 0 Å². The van der Waals surface area contributed by atoms with Crippen LogP contribution in [0, 0.1) is 0 Å². The summed E-state index contributed by atoms with van der Waals surface area (Å²) < 4.78 is 20.8. The number of nitrogens with one attached hydrogen (secondary N) is 2. The van der Waals surface area contributed by atoms with Gasteiger partial charge in [-0.3, -0.25) is 14.7 Å². The maximum Gasteiger partial charge on any atom is 0.326 e. The molecular formula is C29H29N7O7. The van der Waals surface area contributed by atoms with Crippen LogP contribution in [0.1, 0.15) is 37.8 Å². The minimum Gasteiger partial charge on any atom is -0.480 e. The Morgan fingerprint density at radius 1 is 1.02 bits per heavy atom. The van der Waals surface area contributed by atoms with Crippen LogP contribution in [-0.4, -0.2) is 84.9 Å². The van der Waals surface area contributed by atoms with Crippen LogP contribution in [0.15, 0.2) is 55.1 Å². The summed E-state index contributed by atoms with van der Waals surface area (Å²) in [5.74, 6) is -1.32. The van der Waals surface area contributed by atoms with Crippen molar-refractivity contribution in [3.05, 3.63) is 60.7 Å². The van der Waals surface area contributed by atoms with E-state index in [1.807, 2.05) is 42.5 Å². The van der Waals surface area contributed by atoms with Crippen LogP contribution < -0.4 is 10.6 Å². The molecule has 0 radical (unpaired) electrons. The van der Waals surface area contributed by atoms with Crippen LogP contribution in [0.5, 0.6) is 0 Å². The predicted octanol–water partition coefficient (Wildman–Crippen LogP) is 2.58. The lowest BCUT2D eigenvalue weighted by Gasteiger charge is -2.27. The highest BCUT2D eigenvalue weighted by atomic mass is 16.8. The van der Waals surface area contributed by atoms with Crippen LogP contribution in [0.25, 0.3) is 21.9 Å². The van der Waals surface area contributed by atoms with Crippen molar-refractivity contribution in [1.82, 2.24) is 29.7 Å². The molecule has 43 heavy (non-hydrogen) atoms. The maximum absolute atomic E-state index is 13.8. The average molecular weight is 588 g/mol. The van der Waals surface area contributed by atoms with E-state index < -0.39 is 54.8 Å². The molecule has 0 saturated carbocycles. The molecule has 2 aromatic heterocycles. The third-order valence-electron chi connectivity index (χ3n) is 8.06. The topological polar surface area (TPSA) is 170 Å². The van der Waals surface area contributed by atoms with Crippen molar-refractivity contribution in [2.24, 2.45) is 0 Å². The van der Waals surface area contributed by atoms with Gasteiger partial charge < -0.3 is 29.5 Å². The number of carboxylic acid groups (broad SMARTS) is 1. The second-order valence-electron chi connectivity index (χ2n) is 10.6. The number of aromatic nitrogens is 4. The third-order valence-corrected chi connectivity index (χ3v) is 8.06. The first kappa shape index (κ1) is 27.2. The van der Waals surface area contributed by atoms with Crippen molar-refractivity contribution in [2.75, 3.05) is 18.4 Å². The summed E-state index contributed by atoms with van der Waals surface area (Å²) in [6, 6.07) is 12.4. The Morgan fingerprint density at radius 3 is 2.65 bits per heavy atom. The van der Waals surface area contributed by atoms with Gasteiger partial charge in [0.05, 0.1) is 6.33 Å². The van der Waals surface area contributed by atoms with E-state index in [1.165, 1.54) is 17.6 Å². The third kappa shape index (κ3) is 4.73. The number of likely N-dealkylation sites (tertiary alicyclic amines) is 1. The van der Waals surface area contributed by atoms with E-state index in [4.69, 9.17) is 14.2 Å². The van der Waals surface area contributed by atoms with Gasteiger partial charge in [-0.15, -0.1) is 0 Å². The number of ether oxygens (including phenoxy) is 3. The zero-order valence-corrected chi connectivity index (χ0v) is 23.1. The Bertz CT molecular complexity index is 1730. The van der Waals surface area contributed by atoms with Crippen molar-refractivity contribution in [1.29, 1.82) is 0 Å². The van der Waals surface area contributed by atoms with Crippen molar-refractivity contribution in [2.45, 2.75) is 56.6 Å². The standard InChI is InChI=1S/C29H29N7O7/c1-2-30-29(40)34-23-19-24(32-13-31-23)36(14-33-19)26-22-20(21(41-26)25(37)35-11-5-8-18(35)27(38)39)42-28(43-22)17-10-9-15-6-3-4-7-16(15)12-17/h3-4,6-7,9-10,12-14,18,20-22,26,28H,2,5,8,11H2,1H3,(H,38,39)(H2,30,31,32,34,40). The Morgan fingerprint density at radius 2 is 1.84 bits per heavy atom. The fraction of sp³-hybridized carbons (Fsp3) is 0.379. The van der Waals surface area contributed by atoms with E-state index in [9.17, 15) is 19.5 Å². The molecule has 5 heterocycles. The van der Waals surface area contributed by atoms with Gasteiger partial charge in [0.25, 0.3) is 5.91 Å². The van der Waals surface area contributed by atoms with E-state index in [1.54, 1.807) is 11.5 Å². The minimum absolute atomic E-state index is 0.205. The molecule has 3 saturated heterocycles. The molecule has 0 aliphatic carbocycles. The smallest absolute Gasteiger partial charge is 0.326 e. The number of amides is 3. The summed E-state index contributed by atoms with van der Waals surface area (Å²) in [5.41, 5.74) is 1.44. The summed E-state index contributed by atoms with van der Waals surface area (Å²) in [6.45, 7) is 2.53. The highest BCUT2D eigenvalue weighted by molar-refractivity contribution is 5.96. The lowest BCUT2D eigenvalue weighted by atomic mass is 10.1. The lowest BCUT2D eigenvalue weighted by Crippen LogP contribution is -2.49. The monoisotopic (exact) mass is 587 g/mol. The molecule has 3 aliphatic rings. The van der Waals surface area contributed by atoms with Gasteiger partial charge in [0.15, 0.2) is 35.6 Å². The molecule has 2 aromatic carbocycles. The van der Waals surface area contributed by atoms with Crippen molar-refractivity contribution in [3.63, 3.8) is 0 Å². The predicted molar refractivity (Wildman–Crippen MR) is 151 cm³/mol. The van der Waals surface area contributed by atoms with Gasteiger partial charge in [-0.05, 0) is 36.6 Å². The number of rotatable bonds is 6. The summed E-state index contributed by atoms with van der Waals surface area (Å²) in [5, 5.41) is 17.1. The molecule has 6 unspecified atom stereocenters. The molecule has 3 amide bonds. The van der Waals surface area contributed by atoms with Gasteiger partial charge in [0.1, 0.15) is 24.6 Å². The molecule has 7 rings (SSSR count). The molecule has 0 spiro atoms. The van der Waals surface area contributed by atoms with Gasteiger partial charge in [-0.25, -0.2) is 24.5 Å². The molecule has 4 aromatic rings. The normalized spacial score (nSPS) is 26.6. The fourth-order valence-electron chi connectivity index (χ4n) is 6.08. The number of hydrogen-bond acceptors (Lipinski definition) is 9. The average Bonchev–Trinajstić information content (AvgIpc) is 3.80. The first-order valence-electron chi connectivity index (χ1n) is 14.1. The second kappa shape index (κ2) is 10.9. The minimum atomic E-state index is -1.13. The second-order valence-corrected chi connectivity index (χ2v) is 10.6. The number of nitrogens with zero attached hydrogens (tertiary/aromatic N) is 5. The van der Waals surface area contributed by atoms with E-state index >= 15 is 0 Å². The number of benzene rings is 2. The Kier molecular flexibility index (Phi) is 6.88. The number of fused-ring (bicyclic) bond motifs is 3. The van der Waals surface area contributed by atoms with Gasteiger partial charge in [0, 0.05) is 18.7 Å².